The molecular weight excluding hydrogens is 302 g/mol. The van der Waals surface area contributed by atoms with Gasteiger partial charge in [-0.15, -0.1) is 0 Å². The molecule has 0 bridgehead atoms. The van der Waals surface area contributed by atoms with E-state index in [1.807, 2.05) is 18.2 Å². The molecule has 4 heteroatoms. The molecule has 0 N–H and O–H groups in total. The summed E-state index contributed by atoms with van der Waals surface area (Å²) in [6, 6.07) is 6.51. The molecule has 0 atom stereocenters. The Hall–Kier alpha value is -0.250. The van der Waals surface area contributed by atoms with Gasteiger partial charge < -0.3 is 9.64 Å². The highest BCUT2D eigenvalue weighted by atomic mass is 79.9. The topological polar surface area (TPSA) is 12.5 Å². The molecule has 17 heavy (non-hydrogen) atoms. The zero-order chi connectivity index (χ0) is 12.3. The standard InChI is InChI=1S/C13H17BrClNO/c1-2-16(11-5-7-17-8-6-11)13-9-10(15)3-4-12(13)14/h3-4,9,11H,2,5-8H2,1H3. The zero-order valence-corrected chi connectivity index (χ0v) is 12.3. The van der Waals surface area contributed by atoms with Crippen molar-refractivity contribution in [2.45, 2.75) is 25.8 Å². The van der Waals surface area contributed by atoms with E-state index in [9.17, 15) is 0 Å². The van der Waals surface area contributed by atoms with Gasteiger partial charge in [0.05, 0.1) is 5.69 Å². The highest BCUT2D eigenvalue weighted by molar-refractivity contribution is 9.10. The Morgan fingerprint density at radius 3 is 2.76 bits per heavy atom. The fraction of sp³-hybridized carbons (Fsp3) is 0.538. The molecule has 2 rings (SSSR count). The van der Waals surface area contributed by atoms with Crippen LogP contribution in [-0.4, -0.2) is 25.8 Å². The minimum absolute atomic E-state index is 0.559. The number of benzene rings is 1. The van der Waals surface area contributed by atoms with Crippen molar-refractivity contribution < 1.29 is 4.74 Å². The Morgan fingerprint density at radius 2 is 2.12 bits per heavy atom. The molecule has 0 unspecified atom stereocenters. The van der Waals surface area contributed by atoms with Gasteiger partial charge in [0.25, 0.3) is 0 Å². The van der Waals surface area contributed by atoms with Crippen LogP contribution in [0.1, 0.15) is 19.8 Å². The van der Waals surface area contributed by atoms with Gasteiger partial charge in [-0.1, -0.05) is 11.6 Å². The molecule has 0 saturated carbocycles. The van der Waals surface area contributed by atoms with E-state index < -0.39 is 0 Å². The Balaban J connectivity index is 2.24. The number of rotatable bonds is 3. The lowest BCUT2D eigenvalue weighted by Crippen LogP contribution is -2.39. The van der Waals surface area contributed by atoms with E-state index in [-0.39, 0.29) is 0 Å². The first-order chi connectivity index (χ1) is 8.22. The normalized spacial score (nSPS) is 17.1. The van der Waals surface area contributed by atoms with Crippen molar-refractivity contribution in [2.75, 3.05) is 24.7 Å². The summed E-state index contributed by atoms with van der Waals surface area (Å²) in [6.07, 6.45) is 2.18. The van der Waals surface area contributed by atoms with E-state index in [1.165, 1.54) is 5.69 Å². The van der Waals surface area contributed by atoms with E-state index in [1.54, 1.807) is 0 Å². The second-order valence-electron chi connectivity index (χ2n) is 4.23. The molecular formula is C13H17BrClNO. The molecule has 0 aliphatic carbocycles. The third-order valence-electron chi connectivity index (χ3n) is 3.19. The Labute approximate surface area is 116 Å². The van der Waals surface area contributed by atoms with E-state index in [0.717, 1.165) is 42.1 Å². The molecule has 2 nitrogen and oxygen atoms in total. The maximum Gasteiger partial charge on any atom is 0.0528 e. The Kier molecular flexibility index (Phi) is 4.71. The summed E-state index contributed by atoms with van der Waals surface area (Å²) in [4.78, 5) is 2.42. The van der Waals surface area contributed by atoms with Crippen LogP contribution in [0.3, 0.4) is 0 Å². The molecule has 1 fully saturated rings. The third kappa shape index (κ3) is 3.15. The van der Waals surface area contributed by atoms with Crippen molar-refractivity contribution >= 4 is 33.2 Å². The summed E-state index contributed by atoms with van der Waals surface area (Å²) >= 11 is 9.69. The fourth-order valence-corrected chi connectivity index (χ4v) is 2.97. The molecule has 1 heterocycles. The number of hydrogen-bond donors (Lipinski definition) is 0. The number of halogens is 2. The summed E-state index contributed by atoms with van der Waals surface area (Å²) in [5.41, 5.74) is 1.19. The van der Waals surface area contributed by atoms with Crippen LogP contribution in [0.2, 0.25) is 5.02 Å². The first-order valence-electron chi connectivity index (χ1n) is 6.01. The zero-order valence-electron chi connectivity index (χ0n) is 9.96. The first-order valence-corrected chi connectivity index (χ1v) is 7.19. The van der Waals surface area contributed by atoms with Crippen molar-refractivity contribution in [1.82, 2.24) is 0 Å². The lowest BCUT2D eigenvalue weighted by Gasteiger charge is -2.36. The lowest BCUT2D eigenvalue weighted by atomic mass is 10.1. The van der Waals surface area contributed by atoms with Gasteiger partial charge in [0.2, 0.25) is 0 Å². The van der Waals surface area contributed by atoms with Gasteiger partial charge in [-0.05, 0) is 53.9 Å². The fourth-order valence-electron chi connectivity index (χ4n) is 2.33. The Bertz CT molecular complexity index is 380. The molecule has 0 amide bonds. The smallest absolute Gasteiger partial charge is 0.0528 e. The van der Waals surface area contributed by atoms with Crippen LogP contribution in [0, 0.1) is 0 Å². The predicted octanol–water partition coefficient (Wildman–Crippen LogP) is 4.11. The van der Waals surface area contributed by atoms with Crippen LogP contribution in [0.4, 0.5) is 5.69 Å². The molecule has 0 spiro atoms. The van der Waals surface area contributed by atoms with Crippen LogP contribution in [0.25, 0.3) is 0 Å². The van der Waals surface area contributed by atoms with Gasteiger partial charge in [0.1, 0.15) is 0 Å². The number of ether oxygens (including phenoxy) is 1. The van der Waals surface area contributed by atoms with Crippen molar-refractivity contribution in [2.24, 2.45) is 0 Å². The molecule has 1 aliphatic rings. The lowest BCUT2D eigenvalue weighted by molar-refractivity contribution is 0.0846. The van der Waals surface area contributed by atoms with Crippen LogP contribution < -0.4 is 4.90 Å². The van der Waals surface area contributed by atoms with E-state index in [0.29, 0.717) is 6.04 Å². The third-order valence-corrected chi connectivity index (χ3v) is 4.10. The molecule has 0 radical (unpaired) electrons. The molecule has 1 saturated heterocycles. The molecule has 1 aliphatic heterocycles. The van der Waals surface area contributed by atoms with E-state index in [4.69, 9.17) is 16.3 Å². The SMILES string of the molecule is CCN(c1cc(Cl)ccc1Br)C1CCOCC1. The van der Waals surface area contributed by atoms with Crippen LogP contribution >= 0.6 is 27.5 Å². The minimum Gasteiger partial charge on any atom is -0.381 e. The predicted molar refractivity (Wildman–Crippen MR) is 76.0 cm³/mol. The summed E-state index contributed by atoms with van der Waals surface area (Å²) < 4.78 is 6.53. The van der Waals surface area contributed by atoms with Gasteiger partial charge in [0, 0.05) is 35.3 Å². The largest absolute Gasteiger partial charge is 0.381 e. The molecule has 94 valence electrons. The summed E-state index contributed by atoms with van der Waals surface area (Å²) in [5.74, 6) is 0. The van der Waals surface area contributed by atoms with Crippen molar-refractivity contribution in [3.63, 3.8) is 0 Å². The summed E-state index contributed by atoms with van der Waals surface area (Å²) in [6.45, 7) is 4.89. The van der Waals surface area contributed by atoms with Crippen LogP contribution in [0.15, 0.2) is 22.7 Å². The van der Waals surface area contributed by atoms with E-state index in [2.05, 4.69) is 27.8 Å². The highest BCUT2D eigenvalue weighted by Crippen LogP contribution is 2.32. The van der Waals surface area contributed by atoms with Gasteiger partial charge in [-0.3, -0.25) is 0 Å². The number of hydrogen-bond acceptors (Lipinski definition) is 2. The van der Waals surface area contributed by atoms with Gasteiger partial charge in [0.15, 0.2) is 0 Å². The van der Waals surface area contributed by atoms with Crippen molar-refractivity contribution in [3.05, 3.63) is 27.7 Å². The summed E-state index contributed by atoms with van der Waals surface area (Å²) in [7, 11) is 0. The van der Waals surface area contributed by atoms with Gasteiger partial charge in [-0.25, -0.2) is 0 Å². The first kappa shape index (κ1) is 13.2. The molecule has 1 aromatic carbocycles. The van der Waals surface area contributed by atoms with Crippen molar-refractivity contribution in [3.8, 4) is 0 Å². The van der Waals surface area contributed by atoms with E-state index >= 15 is 0 Å². The monoisotopic (exact) mass is 317 g/mol. The second kappa shape index (κ2) is 6.07. The second-order valence-corrected chi connectivity index (χ2v) is 5.52. The number of anilines is 1. The van der Waals surface area contributed by atoms with Gasteiger partial charge >= 0.3 is 0 Å². The maximum absolute atomic E-state index is 6.08. The Morgan fingerprint density at radius 1 is 1.41 bits per heavy atom. The summed E-state index contributed by atoms with van der Waals surface area (Å²) in [5, 5.41) is 0.786. The number of nitrogens with zero attached hydrogens (tertiary/aromatic N) is 1. The quantitative estimate of drug-likeness (QED) is 0.831. The van der Waals surface area contributed by atoms with Gasteiger partial charge in [-0.2, -0.15) is 0 Å². The molecule has 1 aromatic rings. The maximum atomic E-state index is 6.08. The average molecular weight is 319 g/mol. The molecule has 0 aromatic heterocycles. The van der Waals surface area contributed by atoms with Crippen LogP contribution in [-0.2, 0) is 4.74 Å². The highest BCUT2D eigenvalue weighted by Gasteiger charge is 2.22. The van der Waals surface area contributed by atoms with Crippen LogP contribution in [0.5, 0.6) is 0 Å². The average Bonchev–Trinajstić information content (AvgIpc) is 2.36. The van der Waals surface area contributed by atoms with Crippen molar-refractivity contribution in [1.29, 1.82) is 0 Å². The minimum atomic E-state index is 0.559.